The highest BCUT2D eigenvalue weighted by Gasteiger charge is 2.28. The lowest BCUT2D eigenvalue weighted by Gasteiger charge is -2.26. The minimum atomic E-state index is 0.161. The SMILES string of the molecule is c1ccc2c(c1)c1ccccc1n2-c1cc(OC2CCCCC2)cc(-n2c3ccccc3c3ccccc32)c1-n1c2ccccc2c2c(-n3c4ccccc4c4ccccc43)cccc21. The van der Waals surface area contributed by atoms with Crippen LogP contribution in [0.4, 0.5) is 0 Å². The maximum atomic E-state index is 7.24. The van der Waals surface area contributed by atoms with Gasteiger partial charge >= 0.3 is 0 Å². The van der Waals surface area contributed by atoms with Crippen molar-refractivity contribution in [3.8, 4) is 28.5 Å². The van der Waals surface area contributed by atoms with Crippen LogP contribution in [0.2, 0.25) is 0 Å². The highest BCUT2D eigenvalue weighted by atomic mass is 16.5. The van der Waals surface area contributed by atoms with Crippen LogP contribution < -0.4 is 4.74 Å². The van der Waals surface area contributed by atoms with E-state index in [2.05, 4.69) is 218 Å². The minimum Gasteiger partial charge on any atom is -0.490 e. The van der Waals surface area contributed by atoms with Gasteiger partial charge in [0.2, 0.25) is 0 Å². The van der Waals surface area contributed by atoms with E-state index in [1.807, 2.05) is 0 Å². The highest BCUT2D eigenvalue weighted by Crippen LogP contribution is 2.46. The van der Waals surface area contributed by atoms with E-state index in [4.69, 9.17) is 4.74 Å². The molecule has 0 spiro atoms. The zero-order chi connectivity index (χ0) is 42.6. The normalized spacial score (nSPS) is 13.8. The van der Waals surface area contributed by atoms with E-state index in [1.165, 1.54) is 73.4 Å². The Bertz CT molecular complexity index is 3740. The lowest BCUT2D eigenvalue weighted by Crippen LogP contribution is -2.20. The molecule has 0 saturated heterocycles. The van der Waals surface area contributed by atoms with Crippen LogP contribution in [0.25, 0.3) is 110 Å². The molecule has 310 valence electrons. The predicted octanol–water partition coefficient (Wildman–Crippen LogP) is 15.8. The average Bonchev–Trinajstić information content (AvgIpc) is 4.09. The molecule has 5 nitrogen and oxygen atoms in total. The summed E-state index contributed by atoms with van der Waals surface area (Å²) in [5.41, 5.74) is 13.7. The number of fused-ring (bicyclic) bond motifs is 12. The Labute approximate surface area is 375 Å². The van der Waals surface area contributed by atoms with Crippen molar-refractivity contribution in [3.63, 3.8) is 0 Å². The first-order valence-corrected chi connectivity index (χ1v) is 23.1. The van der Waals surface area contributed by atoms with Crippen molar-refractivity contribution in [3.05, 3.63) is 200 Å². The first kappa shape index (κ1) is 36.5. The molecule has 4 heterocycles. The number of ether oxygens (including phenoxy) is 1. The van der Waals surface area contributed by atoms with Crippen LogP contribution in [0.1, 0.15) is 32.1 Å². The lowest BCUT2D eigenvalue weighted by atomic mass is 9.98. The van der Waals surface area contributed by atoms with Gasteiger partial charge in [-0.15, -0.1) is 0 Å². The molecule has 0 amide bonds. The van der Waals surface area contributed by atoms with Crippen molar-refractivity contribution < 1.29 is 4.74 Å². The van der Waals surface area contributed by atoms with Crippen molar-refractivity contribution in [1.82, 2.24) is 18.3 Å². The molecule has 9 aromatic carbocycles. The van der Waals surface area contributed by atoms with Gasteiger partial charge in [-0.3, -0.25) is 0 Å². The fraction of sp³-hybridized carbons (Fsp3) is 0.100. The zero-order valence-electron chi connectivity index (χ0n) is 35.9. The Morgan fingerprint density at radius 3 is 1.06 bits per heavy atom. The van der Waals surface area contributed by atoms with Gasteiger partial charge in [-0.05, 0) is 80.3 Å². The summed E-state index contributed by atoms with van der Waals surface area (Å²) in [4.78, 5) is 0. The molecular weight excluding hydrogens is 793 g/mol. The third-order valence-corrected chi connectivity index (χ3v) is 14.3. The second-order valence-corrected chi connectivity index (χ2v) is 17.8. The summed E-state index contributed by atoms with van der Waals surface area (Å²) in [5, 5.41) is 9.80. The molecule has 13 aromatic rings. The van der Waals surface area contributed by atoms with Crippen LogP contribution in [0.5, 0.6) is 5.75 Å². The lowest BCUT2D eigenvalue weighted by molar-refractivity contribution is 0.155. The van der Waals surface area contributed by atoms with Crippen LogP contribution in [0.15, 0.2) is 200 Å². The van der Waals surface area contributed by atoms with Gasteiger partial charge in [0, 0.05) is 55.2 Å². The Balaban J connectivity index is 1.19. The van der Waals surface area contributed by atoms with Crippen molar-refractivity contribution in [1.29, 1.82) is 0 Å². The van der Waals surface area contributed by atoms with E-state index in [0.29, 0.717) is 0 Å². The van der Waals surface area contributed by atoms with Crippen LogP contribution in [0, 0.1) is 0 Å². The van der Waals surface area contributed by atoms with Gasteiger partial charge < -0.3 is 23.0 Å². The second-order valence-electron chi connectivity index (χ2n) is 17.8. The largest absolute Gasteiger partial charge is 0.490 e. The number of benzene rings is 9. The standard InChI is InChI=1S/C60H44N4O/c1-2-19-39(20-3-1)65-40-37-57(62-50-30-13-6-23-43(50)44-24-7-14-31-51(44)62)60(58(38-40)63-52-32-15-8-25-45(52)46-26-9-16-33-53(46)63)64-54-34-17-10-27-47(54)59-55(35-18-36-56(59)64)61-48-28-11-4-21-41(48)42-22-5-12-29-49(42)61/h4-18,21-39H,1-3,19-20H2. The molecule has 0 N–H and O–H groups in total. The molecule has 65 heavy (non-hydrogen) atoms. The fourth-order valence-electron chi connectivity index (χ4n) is 11.6. The molecule has 0 unspecified atom stereocenters. The third-order valence-electron chi connectivity index (χ3n) is 14.3. The smallest absolute Gasteiger partial charge is 0.124 e. The van der Waals surface area contributed by atoms with Gasteiger partial charge in [-0.25, -0.2) is 0 Å². The van der Waals surface area contributed by atoms with Gasteiger partial charge in [0.05, 0.1) is 73.0 Å². The Morgan fingerprint density at radius 1 is 0.308 bits per heavy atom. The summed E-state index contributed by atoms with van der Waals surface area (Å²) < 4.78 is 17.3. The summed E-state index contributed by atoms with van der Waals surface area (Å²) >= 11 is 0. The molecule has 0 aliphatic heterocycles. The topological polar surface area (TPSA) is 28.9 Å². The number of rotatable bonds is 6. The first-order chi connectivity index (χ1) is 32.3. The van der Waals surface area contributed by atoms with E-state index in [-0.39, 0.29) is 6.10 Å². The first-order valence-electron chi connectivity index (χ1n) is 23.1. The number of hydrogen-bond acceptors (Lipinski definition) is 1. The average molecular weight is 837 g/mol. The van der Waals surface area contributed by atoms with Gasteiger partial charge in [-0.1, -0.05) is 140 Å². The molecule has 1 saturated carbocycles. The van der Waals surface area contributed by atoms with Gasteiger partial charge in [0.1, 0.15) is 5.75 Å². The summed E-state index contributed by atoms with van der Waals surface area (Å²) in [6.07, 6.45) is 5.94. The van der Waals surface area contributed by atoms with E-state index < -0.39 is 0 Å². The van der Waals surface area contributed by atoms with Crippen LogP contribution in [0.3, 0.4) is 0 Å². The molecule has 4 aromatic heterocycles. The summed E-state index contributed by atoms with van der Waals surface area (Å²) in [6, 6.07) is 73.8. The highest BCUT2D eigenvalue weighted by molar-refractivity contribution is 6.18. The van der Waals surface area contributed by atoms with E-state index in [0.717, 1.165) is 74.4 Å². The van der Waals surface area contributed by atoms with Crippen LogP contribution >= 0.6 is 0 Å². The Kier molecular flexibility index (Phi) is 7.99. The maximum absolute atomic E-state index is 7.24. The molecule has 1 aliphatic carbocycles. The van der Waals surface area contributed by atoms with Crippen molar-refractivity contribution in [2.75, 3.05) is 0 Å². The van der Waals surface area contributed by atoms with Gasteiger partial charge in [0.25, 0.3) is 0 Å². The predicted molar refractivity (Wildman–Crippen MR) is 271 cm³/mol. The van der Waals surface area contributed by atoms with Crippen LogP contribution in [-0.4, -0.2) is 24.4 Å². The van der Waals surface area contributed by atoms with Crippen molar-refractivity contribution >= 4 is 87.2 Å². The Hall–Kier alpha value is -8.02. The zero-order valence-corrected chi connectivity index (χ0v) is 35.9. The molecule has 0 atom stereocenters. The third kappa shape index (κ3) is 5.33. The number of para-hydroxylation sites is 7. The Morgan fingerprint density at radius 2 is 0.646 bits per heavy atom. The van der Waals surface area contributed by atoms with Crippen LogP contribution in [-0.2, 0) is 0 Å². The summed E-state index contributed by atoms with van der Waals surface area (Å²) in [5.74, 6) is 0.890. The minimum absolute atomic E-state index is 0.161. The summed E-state index contributed by atoms with van der Waals surface area (Å²) in [6.45, 7) is 0. The molecule has 14 rings (SSSR count). The molecular formula is C60H44N4O. The van der Waals surface area contributed by atoms with Crippen molar-refractivity contribution in [2.45, 2.75) is 38.2 Å². The van der Waals surface area contributed by atoms with E-state index in [1.54, 1.807) is 0 Å². The monoisotopic (exact) mass is 836 g/mol. The van der Waals surface area contributed by atoms with Gasteiger partial charge in [-0.2, -0.15) is 0 Å². The van der Waals surface area contributed by atoms with Crippen molar-refractivity contribution in [2.24, 2.45) is 0 Å². The van der Waals surface area contributed by atoms with E-state index in [9.17, 15) is 0 Å². The number of hydrogen-bond donors (Lipinski definition) is 0. The van der Waals surface area contributed by atoms with E-state index >= 15 is 0 Å². The fourth-order valence-corrected chi connectivity index (χ4v) is 11.6. The molecule has 0 radical (unpaired) electrons. The van der Waals surface area contributed by atoms with Gasteiger partial charge in [0.15, 0.2) is 0 Å². The molecule has 5 heteroatoms. The molecule has 1 fully saturated rings. The second kappa shape index (κ2) is 14.2. The maximum Gasteiger partial charge on any atom is 0.124 e. The molecule has 0 bridgehead atoms. The number of aromatic nitrogens is 4. The number of nitrogens with zero attached hydrogens (tertiary/aromatic N) is 4. The summed E-state index contributed by atoms with van der Waals surface area (Å²) in [7, 11) is 0. The quantitative estimate of drug-likeness (QED) is 0.164. The molecule has 1 aliphatic rings.